The van der Waals surface area contributed by atoms with Gasteiger partial charge in [0.05, 0.1) is 11.1 Å². The first-order valence-electron chi connectivity index (χ1n) is 4.84. The van der Waals surface area contributed by atoms with Crippen molar-refractivity contribution in [2.24, 2.45) is 5.73 Å². The Balaban J connectivity index is 2.43. The maximum Gasteiger partial charge on any atom is 0.128 e. The summed E-state index contributed by atoms with van der Waals surface area (Å²) in [6.45, 7) is 1.91. The van der Waals surface area contributed by atoms with Crippen molar-refractivity contribution in [3.63, 3.8) is 0 Å². The van der Waals surface area contributed by atoms with Gasteiger partial charge in [-0.1, -0.05) is 29.8 Å². The molecule has 1 unspecified atom stereocenters. The molecule has 2 rings (SSSR count). The van der Waals surface area contributed by atoms with Crippen molar-refractivity contribution < 1.29 is 4.39 Å². The second kappa shape index (κ2) is 4.53. The molecule has 84 valence electrons. The molecule has 1 heterocycles. The molecule has 2 N–H and O–H groups in total. The maximum atomic E-state index is 13.5. The Morgan fingerprint density at radius 1 is 1.38 bits per heavy atom. The van der Waals surface area contributed by atoms with Crippen LogP contribution in [-0.4, -0.2) is 0 Å². The van der Waals surface area contributed by atoms with Crippen LogP contribution in [0.4, 0.5) is 4.39 Å². The van der Waals surface area contributed by atoms with Crippen LogP contribution in [0.3, 0.4) is 0 Å². The normalized spacial score (nSPS) is 12.8. The van der Waals surface area contributed by atoms with E-state index in [-0.39, 0.29) is 5.82 Å². The van der Waals surface area contributed by atoms with Gasteiger partial charge in [0, 0.05) is 10.4 Å². The van der Waals surface area contributed by atoms with Gasteiger partial charge >= 0.3 is 0 Å². The van der Waals surface area contributed by atoms with Crippen molar-refractivity contribution >= 4 is 22.9 Å². The molecule has 0 amide bonds. The van der Waals surface area contributed by atoms with Gasteiger partial charge in [0.25, 0.3) is 0 Å². The van der Waals surface area contributed by atoms with Gasteiger partial charge in [-0.05, 0) is 23.9 Å². The van der Waals surface area contributed by atoms with E-state index in [4.69, 9.17) is 17.3 Å². The SMILES string of the molecule is Cc1csc(C(N)c2ccccc2F)c1Cl. The zero-order chi connectivity index (χ0) is 11.7. The average molecular weight is 256 g/mol. The first-order chi connectivity index (χ1) is 7.61. The monoisotopic (exact) mass is 255 g/mol. The Morgan fingerprint density at radius 2 is 2.06 bits per heavy atom. The molecule has 0 aliphatic heterocycles. The van der Waals surface area contributed by atoms with Gasteiger partial charge in [0.2, 0.25) is 0 Å². The predicted molar refractivity (Wildman–Crippen MR) is 66.5 cm³/mol. The van der Waals surface area contributed by atoms with Crippen LogP contribution >= 0.6 is 22.9 Å². The molecule has 1 atom stereocenters. The molecule has 0 bridgehead atoms. The van der Waals surface area contributed by atoms with Crippen LogP contribution < -0.4 is 5.73 Å². The van der Waals surface area contributed by atoms with Crippen LogP contribution in [0.15, 0.2) is 29.6 Å². The molecule has 0 radical (unpaired) electrons. The molecule has 0 spiro atoms. The number of nitrogens with two attached hydrogens (primary N) is 1. The molecule has 4 heteroatoms. The molecule has 16 heavy (non-hydrogen) atoms. The molecule has 0 aliphatic carbocycles. The van der Waals surface area contributed by atoms with Gasteiger partial charge in [0.1, 0.15) is 5.82 Å². The summed E-state index contributed by atoms with van der Waals surface area (Å²) in [5.74, 6) is -0.294. The van der Waals surface area contributed by atoms with E-state index in [1.807, 2.05) is 12.3 Å². The lowest BCUT2D eigenvalue weighted by atomic mass is 10.1. The number of halogens is 2. The fourth-order valence-electron chi connectivity index (χ4n) is 1.53. The summed E-state index contributed by atoms with van der Waals surface area (Å²) in [5, 5.41) is 2.57. The summed E-state index contributed by atoms with van der Waals surface area (Å²) in [5.41, 5.74) is 7.48. The molecule has 1 aromatic heterocycles. The summed E-state index contributed by atoms with van der Waals surface area (Å²) in [6.07, 6.45) is 0. The number of aryl methyl sites for hydroxylation is 1. The van der Waals surface area contributed by atoms with E-state index in [1.54, 1.807) is 18.2 Å². The zero-order valence-corrected chi connectivity index (χ0v) is 10.3. The van der Waals surface area contributed by atoms with Gasteiger partial charge in [-0.2, -0.15) is 0 Å². The van der Waals surface area contributed by atoms with Crippen molar-refractivity contribution in [1.29, 1.82) is 0 Å². The Morgan fingerprint density at radius 3 is 2.62 bits per heavy atom. The Bertz CT molecular complexity index is 509. The van der Waals surface area contributed by atoms with Gasteiger partial charge in [-0.3, -0.25) is 0 Å². The van der Waals surface area contributed by atoms with Gasteiger partial charge in [-0.25, -0.2) is 4.39 Å². The smallest absolute Gasteiger partial charge is 0.128 e. The number of hydrogen-bond donors (Lipinski definition) is 1. The van der Waals surface area contributed by atoms with E-state index in [0.717, 1.165) is 10.4 Å². The largest absolute Gasteiger partial charge is 0.319 e. The molecule has 1 aromatic carbocycles. The molecular weight excluding hydrogens is 245 g/mol. The van der Waals surface area contributed by atoms with E-state index < -0.39 is 6.04 Å². The number of rotatable bonds is 2. The summed E-state index contributed by atoms with van der Waals surface area (Å²) in [4.78, 5) is 0.810. The summed E-state index contributed by atoms with van der Waals surface area (Å²) >= 11 is 7.58. The van der Waals surface area contributed by atoms with E-state index in [9.17, 15) is 4.39 Å². The highest BCUT2D eigenvalue weighted by Gasteiger charge is 2.18. The minimum Gasteiger partial charge on any atom is -0.319 e. The van der Waals surface area contributed by atoms with Gasteiger partial charge < -0.3 is 5.73 Å². The molecule has 0 saturated carbocycles. The Labute approximate surface area is 103 Å². The number of hydrogen-bond acceptors (Lipinski definition) is 2. The van der Waals surface area contributed by atoms with Crippen LogP contribution in [-0.2, 0) is 0 Å². The van der Waals surface area contributed by atoms with Crippen molar-refractivity contribution in [3.05, 3.63) is 56.5 Å². The van der Waals surface area contributed by atoms with Crippen LogP contribution in [0.2, 0.25) is 5.02 Å². The van der Waals surface area contributed by atoms with Crippen molar-refractivity contribution in [2.45, 2.75) is 13.0 Å². The van der Waals surface area contributed by atoms with Crippen LogP contribution in [0.25, 0.3) is 0 Å². The third-order valence-corrected chi connectivity index (χ3v) is 4.25. The van der Waals surface area contributed by atoms with Crippen molar-refractivity contribution in [3.8, 4) is 0 Å². The Hall–Kier alpha value is -0.900. The third kappa shape index (κ3) is 1.98. The van der Waals surface area contributed by atoms with E-state index in [2.05, 4.69) is 0 Å². The first-order valence-corrected chi connectivity index (χ1v) is 6.10. The molecular formula is C12H11ClFNS. The second-order valence-corrected chi connectivity index (χ2v) is 4.89. The highest BCUT2D eigenvalue weighted by Crippen LogP contribution is 2.34. The summed E-state index contributed by atoms with van der Waals surface area (Å²) in [7, 11) is 0. The third-order valence-electron chi connectivity index (χ3n) is 2.45. The molecule has 0 fully saturated rings. The lowest BCUT2D eigenvalue weighted by Gasteiger charge is -2.11. The maximum absolute atomic E-state index is 13.5. The van der Waals surface area contributed by atoms with Crippen LogP contribution in [0, 0.1) is 12.7 Å². The van der Waals surface area contributed by atoms with Crippen LogP contribution in [0.1, 0.15) is 22.0 Å². The Kier molecular flexibility index (Phi) is 3.28. The topological polar surface area (TPSA) is 26.0 Å². The van der Waals surface area contributed by atoms with Crippen molar-refractivity contribution in [2.75, 3.05) is 0 Å². The zero-order valence-electron chi connectivity index (χ0n) is 8.71. The fraction of sp³-hybridized carbons (Fsp3) is 0.167. The molecule has 2 aromatic rings. The lowest BCUT2D eigenvalue weighted by molar-refractivity contribution is 0.601. The van der Waals surface area contributed by atoms with Crippen LogP contribution in [0.5, 0.6) is 0 Å². The van der Waals surface area contributed by atoms with Crippen molar-refractivity contribution in [1.82, 2.24) is 0 Å². The minimum atomic E-state index is -0.493. The molecule has 0 aliphatic rings. The van der Waals surface area contributed by atoms with E-state index >= 15 is 0 Å². The quantitative estimate of drug-likeness (QED) is 0.866. The van der Waals surface area contributed by atoms with Gasteiger partial charge in [-0.15, -0.1) is 11.3 Å². The minimum absolute atomic E-state index is 0.294. The standard InChI is InChI=1S/C12H11ClFNS/c1-7-6-16-12(10(7)13)11(15)8-4-2-3-5-9(8)14/h2-6,11H,15H2,1H3. The molecule has 1 nitrogen and oxygen atoms in total. The number of benzene rings is 1. The number of thiophene rings is 1. The van der Waals surface area contributed by atoms with Gasteiger partial charge in [0.15, 0.2) is 0 Å². The predicted octanol–water partition coefficient (Wildman–Crippen LogP) is 3.90. The summed E-state index contributed by atoms with van der Waals surface area (Å²) in [6, 6.07) is 6.02. The first kappa shape index (κ1) is 11.6. The highest BCUT2D eigenvalue weighted by molar-refractivity contribution is 7.10. The molecule has 0 saturated heterocycles. The fourth-order valence-corrected chi connectivity index (χ4v) is 2.86. The second-order valence-electron chi connectivity index (χ2n) is 3.60. The lowest BCUT2D eigenvalue weighted by Crippen LogP contribution is -2.12. The van der Waals surface area contributed by atoms with E-state index in [1.165, 1.54) is 17.4 Å². The summed E-state index contributed by atoms with van der Waals surface area (Å²) < 4.78 is 13.5. The highest BCUT2D eigenvalue weighted by atomic mass is 35.5. The average Bonchev–Trinajstić information content (AvgIpc) is 2.60. The van der Waals surface area contributed by atoms with E-state index in [0.29, 0.717) is 10.6 Å².